The Bertz CT molecular complexity index is 391. The number of nitrogens with zero attached hydrogens (tertiary/aromatic N) is 1. The molecule has 1 heterocycles. The highest BCUT2D eigenvalue weighted by Gasteiger charge is 2.36. The van der Waals surface area contributed by atoms with Gasteiger partial charge in [0, 0.05) is 17.0 Å². The van der Waals surface area contributed by atoms with Crippen molar-refractivity contribution in [2.24, 2.45) is 5.92 Å². The Balaban J connectivity index is 1.97. The van der Waals surface area contributed by atoms with E-state index in [1.54, 1.807) is 11.3 Å². The van der Waals surface area contributed by atoms with Crippen LogP contribution in [0, 0.1) is 5.92 Å². The number of thiophene rings is 1. The third-order valence-electron chi connectivity index (χ3n) is 4.09. The molecule has 3 atom stereocenters. The van der Waals surface area contributed by atoms with E-state index in [1.165, 1.54) is 4.88 Å². The molecule has 0 radical (unpaired) electrons. The molecule has 1 fully saturated rings. The SMILES string of the molecule is CC(Cc1cccs1)N(C)C1CCCC1C(=O)O. The van der Waals surface area contributed by atoms with Gasteiger partial charge in [0.2, 0.25) is 0 Å². The summed E-state index contributed by atoms with van der Waals surface area (Å²) in [6.07, 6.45) is 3.90. The zero-order valence-corrected chi connectivity index (χ0v) is 11.8. The lowest BCUT2D eigenvalue weighted by Crippen LogP contribution is -2.43. The highest BCUT2D eigenvalue weighted by Crippen LogP contribution is 2.31. The molecule has 100 valence electrons. The molecule has 0 bridgehead atoms. The Morgan fingerprint density at radius 3 is 3.00 bits per heavy atom. The number of carbonyl (C=O) groups is 1. The first kappa shape index (κ1) is 13.6. The number of likely N-dealkylation sites (N-methyl/N-ethyl adjacent to an activating group) is 1. The molecular weight excluding hydrogens is 246 g/mol. The first-order chi connectivity index (χ1) is 8.59. The summed E-state index contributed by atoms with van der Waals surface area (Å²) in [5.41, 5.74) is 0. The molecule has 1 aromatic heterocycles. The van der Waals surface area contributed by atoms with Gasteiger partial charge in [-0.15, -0.1) is 11.3 Å². The highest BCUT2D eigenvalue weighted by atomic mass is 32.1. The molecule has 18 heavy (non-hydrogen) atoms. The summed E-state index contributed by atoms with van der Waals surface area (Å²) >= 11 is 1.78. The van der Waals surface area contributed by atoms with E-state index in [2.05, 4.69) is 36.4 Å². The predicted octanol–water partition coefficient (Wildman–Crippen LogP) is 2.86. The van der Waals surface area contributed by atoms with Gasteiger partial charge in [-0.3, -0.25) is 9.69 Å². The van der Waals surface area contributed by atoms with Crippen molar-refractivity contribution in [1.29, 1.82) is 0 Å². The molecule has 1 aromatic rings. The largest absolute Gasteiger partial charge is 0.481 e. The lowest BCUT2D eigenvalue weighted by molar-refractivity contribution is -0.143. The van der Waals surface area contributed by atoms with Crippen molar-refractivity contribution in [3.63, 3.8) is 0 Å². The Morgan fingerprint density at radius 2 is 2.39 bits per heavy atom. The molecule has 1 N–H and O–H groups in total. The fourth-order valence-electron chi connectivity index (χ4n) is 2.91. The number of aliphatic carboxylic acids is 1. The van der Waals surface area contributed by atoms with Crippen molar-refractivity contribution in [3.05, 3.63) is 22.4 Å². The predicted molar refractivity (Wildman–Crippen MR) is 74.0 cm³/mol. The van der Waals surface area contributed by atoms with Crippen LogP contribution >= 0.6 is 11.3 Å². The molecule has 0 aliphatic heterocycles. The number of hydrogen-bond acceptors (Lipinski definition) is 3. The molecular formula is C14H21NO2S. The molecule has 1 saturated carbocycles. The fourth-order valence-corrected chi connectivity index (χ4v) is 3.73. The minimum atomic E-state index is -0.632. The van der Waals surface area contributed by atoms with E-state index in [9.17, 15) is 9.90 Å². The van der Waals surface area contributed by atoms with Crippen LogP contribution in [0.3, 0.4) is 0 Å². The number of rotatable bonds is 5. The van der Waals surface area contributed by atoms with Gasteiger partial charge in [0.15, 0.2) is 0 Å². The van der Waals surface area contributed by atoms with E-state index >= 15 is 0 Å². The van der Waals surface area contributed by atoms with Crippen LogP contribution in [0.4, 0.5) is 0 Å². The van der Waals surface area contributed by atoms with Crippen molar-refractivity contribution in [2.45, 2.75) is 44.7 Å². The molecule has 2 rings (SSSR count). The standard InChI is InChI=1S/C14H21NO2S/c1-10(9-11-5-4-8-18-11)15(2)13-7-3-6-12(13)14(16)17/h4-5,8,10,12-13H,3,6-7,9H2,1-2H3,(H,16,17). The van der Waals surface area contributed by atoms with E-state index in [-0.39, 0.29) is 12.0 Å². The van der Waals surface area contributed by atoms with Gasteiger partial charge in [-0.2, -0.15) is 0 Å². The summed E-state index contributed by atoms with van der Waals surface area (Å²) < 4.78 is 0. The maximum atomic E-state index is 11.2. The zero-order chi connectivity index (χ0) is 13.1. The summed E-state index contributed by atoms with van der Waals surface area (Å²) in [5.74, 6) is -0.812. The van der Waals surface area contributed by atoms with Crippen molar-refractivity contribution < 1.29 is 9.90 Å². The molecule has 0 aromatic carbocycles. The second-order valence-corrected chi connectivity index (χ2v) is 6.27. The van der Waals surface area contributed by atoms with Gasteiger partial charge >= 0.3 is 5.97 Å². The first-order valence-electron chi connectivity index (χ1n) is 6.56. The molecule has 0 amide bonds. The van der Waals surface area contributed by atoms with Crippen LogP contribution in [0.1, 0.15) is 31.1 Å². The van der Waals surface area contributed by atoms with Gasteiger partial charge in [-0.25, -0.2) is 0 Å². The quantitative estimate of drug-likeness (QED) is 0.892. The summed E-state index contributed by atoms with van der Waals surface area (Å²) in [4.78, 5) is 14.9. The molecule has 3 nitrogen and oxygen atoms in total. The molecule has 0 spiro atoms. The van der Waals surface area contributed by atoms with Crippen molar-refractivity contribution in [1.82, 2.24) is 4.90 Å². The van der Waals surface area contributed by atoms with E-state index in [4.69, 9.17) is 0 Å². The van der Waals surface area contributed by atoms with Crippen LogP contribution in [0.15, 0.2) is 17.5 Å². The lowest BCUT2D eigenvalue weighted by Gasteiger charge is -2.33. The van der Waals surface area contributed by atoms with Crippen LogP contribution in [0.25, 0.3) is 0 Å². The van der Waals surface area contributed by atoms with Crippen LogP contribution in [-0.2, 0) is 11.2 Å². The second kappa shape index (κ2) is 5.85. The van der Waals surface area contributed by atoms with Crippen molar-refractivity contribution >= 4 is 17.3 Å². The summed E-state index contributed by atoms with van der Waals surface area (Å²) in [6.45, 7) is 2.19. The number of carboxylic acid groups (broad SMARTS) is 1. The summed E-state index contributed by atoms with van der Waals surface area (Å²) in [7, 11) is 2.07. The molecule has 3 unspecified atom stereocenters. The van der Waals surface area contributed by atoms with Gasteiger partial charge < -0.3 is 5.11 Å². The van der Waals surface area contributed by atoms with Crippen LogP contribution in [0.5, 0.6) is 0 Å². The first-order valence-corrected chi connectivity index (χ1v) is 7.44. The average Bonchev–Trinajstić information content (AvgIpc) is 2.97. The third kappa shape index (κ3) is 2.93. The van der Waals surface area contributed by atoms with E-state index in [0.29, 0.717) is 6.04 Å². The monoisotopic (exact) mass is 267 g/mol. The van der Waals surface area contributed by atoms with Gasteiger partial charge in [0.1, 0.15) is 0 Å². The molecule has 1 aliphatic carbocycles. The number of carboxylic acids is 1. The highest BCUT2D eigenvalue weighted by molar-refractivity contribution is 7.09. The molecule has 0 saturated heterocycles. The van der Waals surface area contributed by atoms with Gasteiger partial charge in [0.05, 0.1) is 5.92 Å². The van der Waals surface area contributed by atoms with E-state index in [0.717, 1.165) is 25.7 Å². The Morgan fingerprint density at radius 1 is 1.61 bits per heavy atom. The minimum Gasteiger partial charge on any atom is -0.481 e. The Kier molecular flexibility index (Phi) is 4.40. The average molecular weight is 267 g/mol. The van der Waals surface area contributed by atoms with E-state index in [1.807, 2.05) is 0 Å². The summed E-state index contributed by atoms with van der Waals surface area (Å²) in [5, 5.41) is 11.3. The summed E-state index contributed by atoms with van der Waals surface area (Å²) in [6, 6.07) is 4.83. The topological polar surface area (TPSA) is 40.5 Å². The van der Waals surface area contributed by atoms with Crippen LogP contribution in [-0.4, -0.2) is 35.1 Å². The third-order valence-corrected chi connectivity index (χ3v) is 4.99. The van der Waals surface area contributed by atoms with Crippen molar-refractivity contribution in [2.75, 3.05) is 7.05 Å². The van der Waals surface area contributed by atoms with Crippen LogP contribution < -0.4 is 0 Å². The maximum Gasteiger partial charge on any atom is 0.308 e. The van der Waals surface area contributed by atoms with Gasteiger partial charge in [-0.05, 0) is 44.7 Å². The molecule has 1 aliphatic rings. The van der Waals surface area contributed by atoms with E-state index < -0.39 is 5.97 Å². The van der Waals surface area contributed by atoms with Gasteiger partial charge in [0.25, 0.3) is 0 Å². The second-order valence-electron chi connectivity index (χ2n) is 5.24. The molecule has 4 heteroatoms. The smallest absolute Gasteiger partial charge is 0.308 e. The minimum absolute atomic E-state index is 0.180. The van der Waals surface area contributed by atoms with Crippen LogP contribution in [0.2, 0.25) is 0 Å². The van der Waals surface area contributed by atoms with Crippen molar-refractivity contribution in [3.8, 4) is 0 Å². The maximum absolute atomic E-state index is 11.2. The lowest BCUT2D eigenvalue weighted by atomic mass is 10.0. The number of hydrogen-bond donors (Lipinski definition) is 1. The normalized spacial score (nSPS) is 25.5. The van der Waals surface area contributed by atoms with Gasteiger partial charge in [-0.1, -0.05) is 12.5 Å². The zero-order valence-electron chi connectivity index (χ0n) is 11.0. The fraction of sp³-hybridized carbons (Fsp3) is 0.643. The Labute approximate surface area is 112 Å². The Hall–Kier alpha value is -0.870.